The Morgan fingerprint density at radius 3 is 2.26 bits per heavy atom. The number of nitrogen functional groups attached to an aromatic ring is 1. The van der Waals surface area contributed by atoms with Crippen LogP contribution in [0.2, 0.25) is 0 Å². The van der Waals surface area contributed by atoms with Crippen molar-refractivity contribution in [3.05, 3.63) is 64.7 Å². The summed E-state index contributed by atoms with van der Waals surface area (Å²) in [7, 11) is 0. The van der Waals surface area contributed by atoms with Gasteiger partial charge in [0, 0.05) is 5.56 Å². The van der Waals surface area contributed by atoms with Crippen molar-refractivity contribution in [3.8, 4) is 0 Å². The van der Waals surface area contributed by atoms with E-state index >= 15 is 0 Å². The summed E-state index contributed by atoms with van der Waals surface area (Å²) in [5.41, 5.74) is 3.72. The van der Waals surface area contributed by atoms with Crippen molar-refractivity contribution >= 4 is 11.5 Å². The number of ketones is 1. The molecule has 0 spiro atoms. The van der Waals surface area contributed by atoms with E-state index in [-0.39, 0.29) is 5.56 Å². The maximum Gasteiger partial charge on any atom is 0.196 e. The fourth-order valence-corrected chi connectivity index (χ4v) is 1.57. The highest BCUT2D eigenvalue weighted by Gasteiger charge is 2.18. The summed E-state index contributed by atoms with van der Waals surface area (Å²) in [4.78, 5) is 11.9. The van der Waals surface area contributed by atoms with E-state index in [2.05, 4.69) is 0 Å². The second-order valence-electron chi connectivity index (χ2n) is 3.81. The van der Waals surface area contributed by atoms with E-state index in [0.717, 1.165) is 18.2 Å². The van der Waals surface area contributed by atoms with Gasteiger partial charge in [0.2, 0.25) is 0 Å². The van der Waals surface area contributed by atoms with Gasteiger partial charge in [-0.3, -0.25) is 4.79 Å². The molecule has 2 rings (SSSR count). The van der Waals surface area contributed by atoms with Gasteiger partial charge < -0.3 is 5.73 Å². The number of halogens is 4. The number of carbonyl (C=O) groups is 1. The van der Waals surface area contributed by atoms with E-state index in [1.54, 1.807) is 0 Å². The number of hydrogen-bond donors (Lipinski definition) is 1. The van der Waals surface area contributed by atoms with Gasteiger partial charge in [-0.25, -0.2) is 17.6 Å². The summed E-state index contributed by atoms with van der Waals surface area (Å²) in [6.45, 7) is 0. The Hall–Kier alpha value is -2.37. The predicted molar refractivity (Wildman–Crippen MR) is 60.6 cm³/mol. The Morgan fingerprint density at radius 1 is 0.947 bits per heavy atom. The van der Waals surface area contributed by atoms with Crippen molar-refractivity contribution in [3.63, 3.8) is 0 Å². The van der Waals surface area contributed by atoms with Crippen LogP contribution < -0.4 is 5.73 Å². The molecule has 0 bridgehead atoms. The predicted octanol–water partition coefficient (Wildman–Crippen LogP) is 3.06. The molecule has 0 aliphatic rings. The Bertz CT molecular complexity index is 670. The summed E-state index contributed by atoms with van der Waals surface area (Å²) < 4.78 is 52.4. The molecular weight excluding hydrogens is 262 g/mol. The molecule has 0 aliphatic carbocycles. The van der Waals surface area contributed by atoms with Gasteiger partial charge in [-0.2, -0.15) is 0 Å². The lowest BCUT2D eigenvalue weighted by atomic mass is 10.0. The first kappa shape index (κ1) is 13.1. The van der Waals surface area contributed by atoms with Gasteiger partial charge >= 0.3 is 0 Å². The molecule has 6 heteroatoms. The largest absolute Gasteiger partial charge is 0.396 e. The third kappa shape index (κ3) is 2.42. The zero-order valence-electron chi connectivity index (χ0n) is 9.38. The zero-order valence-corrected chi connectivity index (χ0v) is 9.38. The van der Waals surface area contributed by atoms with E-state index in [4.69, 9.17) is 5.73 Å². The molecule has 0 saturated heterocycles. The minimum absolute atomic E-state index is 0.303. The fourth-order valence-electron chi connectivity index (χ4n) is 1.57. The summed E-state index contributed by atoms with van der Waals surface area (Å²) in [6, 6.07) is 3.68. The van der Waals surface area contributed by atoms with Gasteiger partial charge in [0.1, 0.15) is 5.82 Å². The van der Waals surface area contributed by atoms with E-state index in [1.807, 2.05) is 0 Å². The quantitative estimate of drug-likeness (QED) is 0.517. The minimum Gasteiger partial charge on any atom is -0.396 e. The van der Waals surface area contributed by atoms with Crippen LogP contribution in [0.3, 0.4) is 0 Å². The standard InChI is InChI=1S/C13H7F4NO/c14-7-4-8(12(17)11(18)5-7)13(19)6-1-2-9(15)10(16)3-6/h1-5H,18H2. The van der Waals surface area contributed by atoms with Crippen molar-refractivity contribution in [2.24, 2.45) is 0 Å². The highest BCUT2D eigenvalue weighted by atomic mass is 19.2. The number of hydrogen-bond acceptors (Lipinski definition) is 2. The maximum absolute atomic E-state index is 13.6. The number of nitrogens with two attached hydrogens (primary N) is 1. The third-order valence-electron chi connectivity index (χ3n) is 2.49. The molecule has 19 heavy (non-hydrogen) atoms. The lowest BCUT2D eigenvalue weighted by Crippen LogP contribution is -2.08. The summed E-state index contributed by atoms with van der Waals surface area (Å²) in [6.07, 6.45) is 0. The molecule has 0 unspecified atom stereocenters. The SMILES string of the molecule is Nc1cc(F)cc(C(=O)c2ccc(F)c(F)c2)c1F. The zero-order chi connectivity index (χ0) is 14.2. The summed E-state index contributed by atoms with van der Waals surface area (Å²) in [5, 5.41) is 0. The topological polar surface area (TPSA) is 43.1 Å². The highest BCUT2D eigenvalue weighted by molar-refractivity contribution is 6.09. The van der Waals surface area contributed by atoms with Gasteiger partial charge in [-0.05, 0) is 30.3 Å². The van der Waals surface area contributed by atoms with Gasteiger partial charge in [-0.15, -0.1) is 0 Å². The van der Waals surface area contributed by atoms with Crippen molar-refractivity contribution in [1.29, 1.82) is 0 Å². The maximum atomic E-state index is 13.6. The van der Waals surface area contributed by atoms with Crippen LogP contribution in [0, 0.1) is 23.3 Å². The lowest BCUT2D eigenvalue weighted by molar-refractivity contribution is 0.103. The molecule has 0 atom stereocenters. The van der Waals surface area contributed by atoms with Crippen molar-refractivity contribution in [2.45, 2.75) is 0 Å². The second-order valence-corrected chi connectivity index (χ2v) is 3.81. The molecular formula is C13H7F4NO. The molecule has 0 radical (unpaired) electrons. The molecule has 2 aromatic rings. The van der Waals surface area contributed by atoms with Crippen LogP contribution in [-0.2, 0) is 0 Å². The number of anilines is 1. The van der Waals surface area contributed by atoms with Crippen LogP contribution >= 0.6 is 0 Å². The highest BCUT2D eigenvalue weighted by Crippen LogP contribution is 2.21. The van der Waals surface area contributed by atoms with Crippen LogP contribution in [0.5, 0.6) is 0 Å². The number of benzene rings is 2. The molecule has 0 saturated carbocycles. The van der Waals surface area contributed by atoms with Crippen LogP contribution in [0.4, 0.5) is 23.2 Å². The smallest absolute Gasteiger partial charge is 0.196 e. The van der Waals surface area contributed by atoms with E-state index in [0.29, 0.717) is 12.1 Å². The van der Waals surface area contributed by atoms with E-state index in [1.165, 1.54) is 0 Å². The third-order valence-corrected chi connectivity index (χ3v) is 2.49. The molecule has 0 heterocycles. The molecule has 2 aromatic carbocycles. The minimum atomic E-state index is -1.25. The first-order valence-corrected chi connectivity index (χ1v) is 5.14. The van der Waals surface area contributed by atoms with Gasteiger partial charge in [0.25, 0.3) is 0 Å². The molecule has 0 aromatic heterocycles. The summed E-state index contributed by atoms with van der Waals surface area (Å²) in [5.74, 6) is -5.38. The molecule has 0 amide bonds. The first-order valence-electron chi connectivity index (χ1n) is 5.14. The Kier molecular flexibility index (Phi) is 3.25. The monoisotopic (exact) mass is 269 g/mol. The van der Waals surface area contributed by atoms with Crippen LogP contribution in [0.15, 0.2) is 30.3 Å². The Morgan fingerprint density at radius 2 is 1.63 bits per heavy atom. The number of rotatable bonds is 2. The normalized spacial score (nSPS) is 10.5. The van der Waals surface area contributed by atoms with Crippen LogP contribution in [0.25, 0.3) is 0 Å². The Labute approximate surface area is 105 Å². The lowest BCUT2D eigenvalue weighted by Gasteiger charge is -2.06. The van der Waals surface area contributed by atoms with E-state index in [9.17, 15) is 22.4 Å². The molecule has 2 N–H and O–H groups in total. The average molecular weight is 269 g/mol. The second kappa shape index (κ2) is 4.72. The Balaban J connectivity index is 2.53. The van der Waals surface area contributed by atoms with Crippen molar-refractivity contribution < 1.29 is 22.4 Å². The average Bonchev–Trinajstić information content (AvgIpc) is 2.36. The summed E-state index contributed by atoms with van der Waals surface area (Å²) >= 11 is 0. The number of carbonyl (C=O) groups excluding carboxylic acids is 1. The van der Waals surface area contributed by atoms with Crippen molar-refractivity contribution in [1.82, 2.24) is 0 Å². The molecule has 98 valence electrons. The molecule has 0 fully saturated rings. The van der Waals surface area contributed by atoms with Gasteiger partial charge in [0.15, 0.2) is 23.2 Å². The molecule has 0 aliphatic heterocycles. The van der Waals surface area contributed by atoms with E-state index < -0.39 is 40.3 Å². The van der Waals surface area contributed by atoms with Crippen molar-refractivity contribution in [2.75, 3.05) is 5.73 Å². The molecule has 2 nitrogen and oxygen atoms in total. The van der Waals surface area contributed by atoms with Gasteiger partial charge in [0.05, 0.1) is 11.3 Å². The van der Waals surface area contributed by atoms with Gasteiger partial charge in [-0.1, -0.05) is 0 Å². The first-order chi connectivity index (χ1) is 8.90. The fraction of sp³-hybridized carbons (Fsp3) is 0. The van der Waals surface area contributed by atoms with Crippen LogP contribution in [0.1, 0.15) is 15.9 Å². The van der Waals surface area contributed by atoms with Crippen LogP contribution in [-0.4, -0.2) is 5.78 Å².